The highest BCUT2D eigenvalue weighted by molar-refractivity contribution is 7.10. The van der Waals surface area contributed by atoms with Crippen molar-refractivity contribution in [1.29, 1.82) is 0 Å². The van der Waals surface area contributed by atoms with Crippen LogP contribution in [0.4, 0.5) is 0 Å². The lowest BCUT2D eigenvalue weighted by Crippen LogP contribution is -2.17. The van der Waals surface area contributed by atoms with Gasteiger partial charge in [0.05, 0.1) is 12.2 Å². The maximum atomic E-state index is 10.9. The Labute approximate surface area is 130 Å². The molecule has 0 aliphatic heterocycles. The van der Waals surface area contributed by atoms with Gasteiger partial charge in [-0.3, -0.25) is 0 Å². The Morgan fingerprint density at radius 3 is 2.86 bits per heavy atom. The minimum absolute atomic E-state index is 0.112. The van der Waals surface area contributed by atoms with E-state index in [-0.39, 0.29) is 12.0 Å². The van der Waals surface area contributed by atoms with Crippen molar-refractivity contribution >= 4 is 11.3 Å². The van der Waals surface area contributed by atoms with Gasteiger partial charge >= 0.3 is 0 Å². The Balaban J connectivity index is 1.92. The van der Waals surface area contributed by atoms with Crippen LogP contribution in [0.5, 0.6) is 5.75 Å². The van der Waals surface area contributed by atoms with E-state index in [1.54, 1.807) is 0 Å². The maximum Gasteiger partial charge on any atom is 0.125 e. The number of thiophene rings is 1. The van der Waals surface area contributed by atoms with Crippen LogP contribution in [0, 0.1) is 0 Å². The lowest BCUT2D eigenvalue weighted by Gasteiger charge is -2.29. The van der Waals surface area contributed by atoms with Gasteiger partial charge in [-0.05, 0) is 56.2 Å². The number of aliphatic hydroxyl groups is 1. The predicted molar refractivity (Wildman–Crippen MR) is 87.2 cm³/mol. The number of hydrogen-bond donors (Lipinski definition) is 1. The molecule has 3 heteroatoms. The number of rotatable bonds is 4. The number of hydrogen-bond acceptors (Lipinski definition) is 3. The number of benzene rings is 1. The molecule has 0 radical (unpaired) electrons. The van der Waals surface area contributed by atoms with Crippen LogP contribution in [-0.2, 0) is 6.42 Å². The monoisotopic (exact) mass is 302 g/mol. The minimum atomic E-state index is -0.492. The molecule has 0 saturated heterocycles. The number of para-hydroxylation sites is 1. The third-order valence-electron chi connectivity index (χ3n) is 4.08. The molecular weight excluding hydrogens is 280 g/mol. The molecule has 0 spiro atoms. The molecule has 1 heterocycles. The quantitative estimate of drug-likeness (QED) is 0.888. The van der Waals surface area contributed by atoms with Crippen molar-refractivity contribution in [2.24, 2.45) is 0 Å². The predicted octanol–water partition coefficient (Wildman–Crippen LogP) is 4.69. The summed E-state index contributed by atoms with van der Waals surface area (Å²) >= 11 is 1.81. The van der Waals surface area contributed by atoms with E-state index < -0.39 is 6.10 Å². The van der Waals surface area contributed by atoms with Gasteiger partial charge in [-0.15, -0.1) is 11.3 Å². The smallest absolute Gasteiger partial charge is 0.125 e. The third-order valence-corrected chi connectivity index (χ3v) is 5.08. The van der Waals surface area contributed by atoms with E-state index in [9.17, 15) is 5.11 Å². The van der Waals surface area contributed by atoms with E-state index >= 15 is 0 Å². The van der Waals surface area contributed by atoms with Crippen molar-refractivity contribution in [3.8, 4) is 5.75 Å². The SMILES string of the molecule is CC(C)Oc1ccccc1C(O)C1CCCc2sccc21. The highest BCUT2D eigenvalue weighted by Crippen LogP contribution is 2.44. The highest BCUT2D eigenvalue weighted by atomic mass is 32.1. The molecule has 2 nitrogen and oxygen atoms in total. The van der Waals surface area contributed by atoms with Crippen molar-refractivity contribution < 1.29 is 9.84 Å². The summed E-state index contributed by atoms with van der Waals surface area (Å²) in [7, 11) is 0. The number of aliphatic hydroxyl groups excluding tert-OH is 1. The zero-order chi connectivity index (χ0) is 14.8. The van der Waals surface area contributed by atoms with Gasteiger partial charge in [0.2, 0.25) is 0 Å². The summed E-state index contributed by atoms with van der Waals surface area (Å²) in [6.45, 7) is 4.03. The van der Waals surface area contributed by atoms with Gasteiger partial charge in [-0.2, -0.15) is 0 Å². The summed E-state index contributed by atoms with van der Waals surface area (Å²) in [6, 6.07) is 10.1. The second-order valence-corrected chi connectivity index (χ2v) is 6.95. The van der Waals surface area contributed by atoms with Crippen LogP contribution in [0.15, 0.2) is 35.7 Å². The Morgan fingerprint density at radius 2 is 2.05 bits per heavy atom. The second kappa shape index (κ2) is 6.20. The Bertz CT molecular complexity index is 603. The molecule has 3 rings (SSSR count). The molecule has 2 unspecified atom stereocenters. The number of fused-ring (bicyclic) bond motifs is 1. The lowest BCUT2D eigenvalue weighted by atomic mass is 9.81. The number of aryl methyl sites for hydroxylation is 1. The molecule has 1 aromatic heterocycles. The molecular formula is C18H22O2S. The summed E-state index contributed by atoms with van der Waals surface area (Å²) in [4.78, 5) is 1.44. The largest absolute Gasteiger partial charge is 0.491 e. The molecule has 2 atom stereocenters. The number of ether oxygens (including phenoxy) is 1. The standard InChI is InChI=1S/C18H22O2S/c1-12(2)20-16-8-4-3-6-15(16)18(19)14-7-5-9-17-13(14)10-11-21-17/h3-4,6,8,10-12,14,18-19H,5,7,9H2,1-2H3. The molecule has 21 heavy (non-hydrogen) atoms. The zero-order valence-electron chi connectivity index (χ0n) is 12.6. The molecule has 1 aliphatic carbocycles. The second-order valence-electron chi connectivity index (χ2n) is 5.95. The molecule has 1 aliphatic rings. The molecule has 0 amide bonds. The fraction of sp³-hybridized carbons (Fsp3) is 0.444. The molecule has 0 fully saturated rings. The summed E-state index contributed by atoms with van der Waals surface area (Å²) in [5.74, 6) is 0.999. The van der Waals surface area contributed by atoms with E-state index in [2.05, 4.69) is 11.4 Å². The van der Waals surface area contributed by atoms with Crippen molar-refractivity contribution in [3.05, 3.63) is 51.7 Å². The van der Waals surface area contributed by atoms with Gasteiger partial charge in [-0.1, -0.05) is 18.2 Å². The van der Waals surface area contributed by atoms with Crippen LogP contribution in [-0.4, -0.2) is 11.2 Å². The topological polar surface area (TPSA) is 29.5 Å². The van der Waals surface area contributed by atoms with Crippen LogP contribution < -0.4 is 4.74 Å². The van der Waals surface area contributed by atoms with Gasteiger partial charge in [-0.25, -0.2) is 0 Å². The first-order valence-corrected chi connectivity index (χ1v) is 8.54. The van der Waals surface area contributed by atoms with E-state index in [0.29, 0.717) is 0 Å². The van der Waals surface area contributed by atoms with E-state index in [0.717, 1.165) is 30.6 Å². The minimum Gasteiger partial charge on any atom is -0.491 e. The summed E-state index contributed by atoms with van der Waals surface area (Å²) in [6.07, 6.45) is 2.97. The molecule has 2 aromatic rings. The van der Waals surface area contributed by atoms with Crippen LogP contribution in [0.2, 0.25) is 0 Å². The zero-order valence-corrected chi connectivity index (χ0v) is 13.4. The Kier molecular flexibility index (Phi) is 4.32. The molecule has 0 bridgehead atoms. The van der Waals surface area contributed by atoms with E-state index in [4.69, 9.17) is 4.74 Å². The van der Waals surface area contributed by atoms with Crippen molar-refractivity contribution in [2.45, 2.75) is 51.2 Å². The molecule has 0 saturated carbocycles. The Morgan fingerprint density at radius 1 is 1.24 bits per heavy atom. The van der Waals surface area contributed by atoms with Gasteiger partial charge < -0.3 is 9.84 Å². The molecule has 112 valence electrons. The molecule has 1 aromatic carbocycles. The van der Waals surface area contributed by atoms with Gasteiger partial charge in [0.25, 0.3) is 0 Å². The average molecular weight is 302 g/mol. The highest BCUT2D eigenvalue weighted by Gasteiger charge is 2.30. The maximum absolute atomic E-state index is 10.9. The van der Waals surface area contributed by atoms with Crippen molar-refractivity contribution in [1.82, 2.24) is 0 Å². The fourth-order valence-corrected chi connectivity index (χ4v) is 4.15. The normalized spacial score (nSPS) is 19.3. The van der Waals surface area contributed by atoms with E-state index in [1.165, 1.54) is 10.4 Å². The summed E-state index contributed by atoms with van der Waals surface area (Å²) in [5, 5.41) is 13.1. The summed E-state index contributed by atoms with van der Waals surface area (Å²) < 4.78 is 5.87. The molecule has 1 N–H and O–H groups in total. The van der Waals surface area contributed by atoms with Crippen LogP contribution in [0.3, 0.4) is 0 Å². The lowest BCUT2D eigenvalue weighted by molar-refractivity contribution is 0.129. The Hall–Kier alpha value is -1.32. The van der Waals surface area contributed by atoms with E-state index in [1.807, 2.05) is 49.4 Å². The van der Waals surface area contributed by atoms with Crippen LogP contribution >= 0.6 is 11.3 Å². The van der Waals surface area contributed by atoms with Crippen molar-refractivity contribution in [3.63, 3.8) is 0 Å². The third kappa shape index (κ3) is 2.99. The van der Waals surface area contributed by atoms with Crippen molar-refractivity contribution in [2.75, 3.05) is 0 Å². The van der Waals surface area contributed by atoms with Gasteiger partial charge in [0.1, 0.15) is 5.75 Å². The first kappa shape index (κ1) is 14.6. The summed E-state index contributed by atoms with van der Waals surface area (Å²) in [5.41, 5.74) is 2.24. The fourth-order valence-electron chi connectivity index (χ4n) is 3.15. The van der Waals surface area contributed by atoms with Crippen LogP contribution in [0.25, 0.3) is 0 Å². The average Bonchev–Trinajstić information content (AvgIpc) is 2.95. The van der Waals surface area contributed by atoms with Crippen LogP contribution in [0.1, 0.15) is 54.7 Å². The van der Waals surface area contributed by atoms with Gasteiger partial charge in [0.15, 0.2) is 0 Å². The first-order valence-electron chi connectivity index (χ1n) is 7.66. The first-order chi connectivity index (χ1) is 10.2. The van der Waals surface area contributed by atoms with Gasteiger partial charge in [0, 0.05) is 16.4 Å².